The van der Waals surface area contributed by atoms with Crippen molar-refractivity contribution in [1.82, 2.24) is 4.90 Å². The van der Waals surface area contributed by atoms with Crippen LogP contribution in [0.4, 0.5) is 0 Å². The van der Waals surface area contributed by atoms with Crippen LogP contribution in [-0.4, -0.2) is 49.4 Å². The summed E-state index contributed by atoms with van der Waals surface area (Å²) in [5.74, 6) is -0.652. The van der Waals surface area contributed by atoms with Crippen molar-refractivity contribution in [2.45, 2.75) is 19.4 Å². The Morgan fingerprint density at radius 2 is 2.00 bits per heavy atom. The molecule has 1 aromatic carbocycles. The predicted molar refractivity (Wildman–Crippen MR) is 80.7 cm³/mol. The SMILES string of the molecule is C[C@@H](OC(=O)COc1ccc(C=O)cc1)C(=O)N(C)CCC#N. The van der Waals surface area contributed by atoms with Crippen LogP contribution in [0.3, 0.4) is 0 Å². The van der Waals surface area contributed by atoms with E-state index in [-0.39, 0.29) is 25.5 Å². The Morgan fingerprint density at radius 3 is 2.57 bits per heavy atom. The molecule has 0 aliphatic heterocycles. The van der Waals surface area contributed by atoms with Gasteiger partial charge >= 0.3 is 5.97 Å². The van der Waals surface area contributed by atoms with Crippen LogP contribution in [0.5, 0.6) is 5.75 Å². The maximum atomic E-state index is 11.9. The van der Waals surface area contributed by atoms with Gasteiger partial charge in [0.2, 0.25) is 0 Å². The van der Waals surface area contributed by atoms with Crippen LogP contribution in [-0.2, 0) is 14.3 Å². The van der Waals surface area contributed by atoms with E-state index in [1.165, 1.54) is 18.9 Å². The first-order valence-electron chi connectivity index (χ1n) is 6.97. The molecule has 23 heavy (non-hydrogen) atoms. The van der Waals surface area contributed by atoms with E-state index in [2.05, 4.69) is 0 Å². The Morgan fingerprint density at radius 1 is 1.35 bits per heavy atom. The summed E-state index contributed by atoms with van der Waals surface area (Å²) in [4.78, 5) is 35.4. The highest BCUT2D eigenvalue weighted by Gasteiger charge is 2.21. The van der Waals surface area contributed by atoms with Crippen LogP contribution < -0.4 is 4.74 Å². The fraction of sp³-hybridized carbons (Fsp3) is 0.375. The van der Waals surface area contributed by atoms with Gasteiger partial charge in [-0.1, -0.05) is 0 Å². The summed E-state index contributed by atoms with van der Waals surface area (Å²) in [5.41, 5.74) is 0.500. The molecule has 7 nitrogen and oxygen atoms in total. The maximum absolute atomic E-state index is 11.9. The average molecular weight is 318 g/mol. The molecule has 0 N–H and O–H groups in total. The lowest BCUT2D eigenvalue weighted by Gasteiger charge is -2.20. The molecule has 0 spiro atoms. The van der Waals surface area contributed by atoms with Gasteiger partial charge in [0.25, 0.3) is 5.91 Å². The highest BCUT2D eigenvalue weighted by Crippen LogP contribution is 2.11. The highest BCUT2D eigenvalue weighted by atomic mass is 16.6. The lowest BCUT2D eigenvalue weighted by atomic mass is 10.2. The smallest absolute Gasteiger partial charge is 0.344 e. The lowest BCUT2D eigenvalue weighted by molar-refractivity contribution is -0.160. The molecule has 0 saturated heterocycles. The Balaban J connectivity index is 2.41. The quantitative estimate of drug-likeness (QED) is 0.527. The fourth-order valence-corrected chi connectivity index (χ4v) is 1.70. The number of ether oxygens (including phenoxy) is 2. The van der Waals surface area contributed by atoms with Crippen molar-refractivity contribution >= 4 is 18.2 Å². The number of benzene rings is 1. The predicted octanol–water partition coefficient (Wildman–Crippen LogP) is 1.18. The van der Waals surface area contributed by atoms with Gasteiger partial charge in [-0.05, 0) is 31.2 Å². The van der Waals surface area contributed by atoms with Crippen LogP contribution in [0, 0.1) is 11.3 Å². The summed E-state index contributed by atoms with van der Waals surface area (Å²) in [7, 11) is 1.54. The first kappa shape index (κ1) is 18.2. The van der Waals surface area contributed by atoms with Gasteiger partial charge in [-0.2, -0.15) is 5.26 Å². The maximum Gasteiger partial charge on any atom is 0.344 e. The zero-order chi connectivity index (χ0) is 17.2. The summed E-state index contributed by atoms with van der Waals surface area (Å²) < 4.78 is 10.2. The van der Waals surface area contributed by atoms with Gasteiger partial charge in [-0.25, -0.2) is 4.79 Å². The van der Waals surface area contributed by atoms with Gasteiger partial charge in [0.15, 0.2) is 12.7 Å². The van der Waals surface area contributed by atoms with E-state index in [4.69, 9.17) is 14.7 Å². The van der Waals surface area contributed by atoms with Gasteiger partial charge < -0.3 is 14.4 Å². The molecule has 0 heterocycles. The van der Waals surface area contributed by atoms with E-state index < -0.39 is 12.1 Å². The van der Waals surface area contributed by atoms with Crippen LogP contribution in [0.25, 0.3) is 0 Å². The molecule has 122 valence electrons. The Labute approximate surface area is 134 Å². The van der Waals surface area contributed by atoms with E-state index >= 15 is 0 Å². The second kappa shape index (κ2) is 9.20. The van der Waals surface area contributed by atoms with Crippen molar-refractivity contribution in [3.8, 4) is 11.8 Å². The number of nitrogens with zero attached hydrogens (tertiary/aromatic N) is 2. The third-order valence-corrected chi connectivity index (χ3v) is 2.96. The molecule has 0 aliphatic rings. The zero-order valence-corrected chi connectivity index (χ0v) is 13.0. The number of rotatable bonds is 8. The molecule has 0 fully saturated rings. The second-order valence-electron chi connectivity index (χ2n) is 4.78. The second-order valence-corrected chi connectivity index (χ2v) is 4.78. The van der Waals surface area contributed by atoms with E-state index in [1.54, 1.807) is 24.3 Å². The Hall–Kier alpha value is -2.88. The van der Waals surface area contributed by atoms with Gasteiger partial charge in [0.1, 0.15) is 12.0 Å². The van der Waals surface area contributed by atoms with Crippen molar-refractivity contribution in [1.29, 1.82) is 5.26 Å². The Kier molecular flexibility index (Phi) is 7.27. The molecule has 1 rings (SSSR count). The molecule has 0 saturated carbocycles. The normalized spacial score (nSPS) is 11.0. The van der Waals surface area contributed by atoms with Gasteiger partial charge in [0.05, 0.1) is 12.5 Å². The van der Waals surface area contributed by atoms with Crippen molar-refractivity contribution in [2.75, 3.05) is 20.2 Å². The number of hydrogen-bond donors (Lipinski definition) is 0. The number of nitriles is 1. The first-order valence-corrected chi connectivity index (χ1v) is 6.97. The average Bonchev–Trinajstić information content (AvgIpc) is 2.57. The van der Waals surface area contributed by atoms with E-state index in [1.807, 2.05) is 6.07 Å². The molecular weight excluding hydrogens is 300 g/mol. The van der Waals surface area contributed by atoms with Gasteiger partial charge in [0, 0.05) is 19.2 Å². The lowest BCUT2D eigenvalue weighted by Crippen LogP contribution is -2.38. The molecule has 0 aliphatic carbocycles. The van der Waals surface area contributed by atoms with E-state index in [0.717, 1.165) is 0 Å². The van der Waals surface area contributed by atoms with Crippen LogP contribution in [0.1, 0.15) is 23.7 Å². The number of hydrogen-bond acceptors (Lipinski definition) is 6. The fourth-order valence-electron chi connectivity index (χ4n) is 1.70. The third-order valence-electron chi connectivity index (χ3n) is 2.96. The minimum absolute atomic E-state index is 0.211. The monoisotopic (exact) mass is 318 g/mol. The van der Waals surface area contributed by atoms with Gasteiger partial charge in [-0.3, -0.25) is 9.59 Å². The number of carbonyl (C=O) groups excluding carboxylic acids is 3. The zero-order valence-electron chi connectivity index (χ0n) is 13.0. The minimum atomic E-state index is -0.952. The molecule has 0 bridgehead atoms. The number of amides is 1. The summed E-state index contributed by atoms with van der Waals surface area (Å²) in [6.45, 7) is 1.39. The first-order chi connectivity index (χ1) is 11.0. The topological polar surface area (TPSA) is 96.7 Å². The molecule has 0 unspecified atom stereocenters. The van der Waals surface area contributed by atoms with E-state index in [0.29, 0.717) is 17.6 Å². The van der Waals surface area contributed by atoms with Crippen LogP contribution in [0.2, 0.25) is 0 Å². The van der Waals surface area contributed by atoms with Crippen molar-refractivity contribution < 1.29 is 23.9 Å². The third kappa shape index (κ3) is 6.18. The molecule has 0 aromatic heterocycles. The van der Waals surface area contributed by atoms with Crippen molar-refractivity contribution in [3.05, 3.63) is 29.8 Å². The van der Waals surface area contributed by atoms with Crippen LogP contribution in [0.15, 0.2) is 24.3 Å². The molecule has 1 aromatic rings. The summed E-state index contributed by atoms with van der Waals surface area (Å²) in [6, 6.07) is 8.17. The largest absolute Gasteiger partial charge is 0.482 e. The molecule has 1 atom stereocenters. The number of esters is 1. The number of likely N-dealkylation sites (N-methyl/N-ethyl adjacent to an activating group) is 1. The summed E-state index contributed by atoms with van der Waals surface area (Å²) in [6.07, 6.45) is -0.0380. The number of carbonyl (C=O) groups is 3. The van der Waals surface area contributed by atoms with Gasteiger partial charge in [-0.15, -0.1) is 0 Å². The van der Waals surface area contributed by atoms with Crippen molar-refractivity contribution in [3.63, 3.8) is 0 Å². The van der Waals surface area contributed by atoms with E-state index in [9.17, 15) is 14.4 Å². The standard InChI is InChI=1S/C16H18N2O5/c1-12(16(21)18(2)9-3-8-17)23-15(20)11-22-14-6-4-13(10-19)5-7-14/h4-7,10,12H,3,9,11H2,1-2H3/t12-/m1/s1. The molecule has 7 heteroatoms. The highest BCUT2D eigenvalue weighted by molar-refractivity contribution is 5.83. The summed E-state index contributed by atoms with van der Waals surface area (Å²) >= 11 is 0. The van der Waals surface area contributed by atoms with Crippen molar-refractivity contribution in [2.24, 2.45) is 0 Å². The number of aldehydes is 1. The summed E-state index contributed by atoms with van der Waals surface area (Å²) in [5, 5.41) is 8.48. The minimum Gasteiger partial charge on any atom is -0.482 e. The molecule has 0 radical (unpaired) electrons. The molecule has 1 amide bonds. The van der Waals surface area contributed by atoms with Crippen LogP contribution >= 0.6 is 0 Å². The Bertz CT molecular complexity index is 591. The molecular formula is C16H18N2O5.